The van der Waals surface area contributed by atoms with Crippen molar-refractivity contribution in [2.45, 2.75) is 6.42 Å². The van der Waals surface area contributed by atoms with Gasteiger partial charge in [-0.1, -0.05) is 6.07 Å². The minimum absolute atomic E-state index is 0.136. The Morgan fingerprint density at radius 1 is 1.22 bits per heavy atom. The Morgan fingerprint density at radius 3 is 2.78 bits per heavy atom. The molecule has 0 fully saturated rings. The van der Waals surface area contributed by atoms with E-state index in [0.29, 0.717) is 39.8 Å². The fourth-order valence-electron chi connectivity index (χ4n) is 2.52. The molecule has 0 aliphatic rings. The first-order valence-corrected chi connectivity index (χ1v) is 7.04. The molecule has 2 aromatic carbocycles. The van der Waals surface area contributed by atoms with Crippen LogP contribution in [0.2, 0.25) is 0 Å². The molecular weight excluding hydrogens is 297 g/mol. The molecule has 0 bridgehead atoms. The summed E-state index contributed by atoms with van der Waals surface area (Å²) in [6.45, 7) is 0. The van der Waals surface area contributed by atoms with Crippen LogP contribution in [0, 0.1) is 5.82 Å². The molecule has 1 N–H and O–H groups in total. The Hall–Kier alpha value is -2.95. The second-order valence-corrected chi connectivity index (χ2v) is 5.21. The number of hydrogen-bond acceptors (Lipinski definition) is 3. The van der Waals surface area contributed by atoms with Crippen molar-refractivity contribution in [1.82, 2.24) is 4.98 Å². The topological polar surface area (TPSA) is 59.2 Å². The summed E-state index contributed by atoms with van der Waals surface area (Å²) in [5, 5.41) is 0.650. The number of carbonyl (C=O) groups excluding carboxylic acids is 2. The highest BCUT2D eigenvalue weighted by Crippen LogP contribution is 2.21. The lowest BCUT2D eigenvalue weighted by Crippen LogP contribution is -2.04. The summed E-state index contributed by atoms with van der Waals surface area (Å²) in [6.07, 6.45) is 0.832. The number of methoxy groups -OCH3 is 1. The Bertz CT molecular complexity index is 898. The van der Waals surface area contributed by atoms with E-state index in [4.69, 9.17) is 4.74 Å². The molecule has 1 heterocycles. The van der Waals surface area contributed by atoms with Gasteiger partial charge in [0, 0.05) is 17.3 Å². The van der Waals surface area contributed by atoms with Crippen molar-refractivity contribution >= 4 is 23.0 Å². The van der Waals surface area contributed by atoms with Gasteiger partial charge in [-0.3, -0.25) is 9.59 Å². The van der Waals surface area contributed by atoms with Crippen molar-refractivity contribution in [3.05, 3.63) is 65.1 Å². The van der Waals surface area contributed by atoms with Gasteiger partial charge in [-0.15, -0.1) is 0 Å². The zero-order valence-corrected chi connectivity index (χ0v) is 12.4. The van der Waals surface area contributed by atoms with Crippen LogP contribution in [0.15, 0.2) is 42.5 Å². The molecule has 5 heteroatoms. The maximum atomic E-state index is 13.2. The molecule has 0 aliphatic heterocycles. The number of H-pyrrole nitrogens is 1. The van der Waals surface area contributed by atoms with Crippen molar-refractivity contribution in [1.29, 1.82) is 0 Å². The quantitative estimate of drug-likeness (QED) is 0.579. The highest BCUT2D eigenvalue weighted by atomic mass is 19.1. The van der Waals surface area contributed by atoms with Crippen molar-refractivity contribution in [3.63, 3.8) is 0 Å². The summed E-state index contributed by atoms with van der Waals surface area (Å²) in [7, 11) is 1.48. The lowest BCUT2D eigenvalue weighted by molar-refractivity contribution is 0.0988. The number of carbonyl (C=O) groups is 2. The van der Waals surface area contributed by atoms with Crippen LogP contribution in [-0.2, 0) is 6.42 Å². The number of ether oxygens (including phenoxy) is 1. The minimum atomic E-state index is -0.346. The number of halogens is 1. The van der Waals surface area contributed by atoms with Gasteiger partial charge in [0.05, 0.1) is 18.4 Å². The number of nitrogens with one attached hydrogen (secondary N) is 1. The number of aromatic nitrogens is 1. The highest BCUT2D eigenvalue weighted by Gasteiger charge is 2.12. The second kappa shape index (κ2) is 6.04. The van der Waals surface area contributed by atoms with E-state index in [-0.39, 0.29) is 18.0 Å². The van der Waals surface area contributed by atoms with Crippen LogP contribution in [0.3, 0.4) is 0 Å². The molecule has 0 saturated carbocycles. The van der Waals surface area contributed by atoms with E-state index in [1.165, 1.54) is 19.2 Å². The number of fused-ring (bicyclic) bond motifs is 1. The molecule has 0 aliphatic carbocycles. The molecule has 0 saturated heterocycles. The summed E-state index contributed by atoms with van der Waals surface area (Å²) < 4.78 is 18.3. The van der Waals surface area contributed by atoms with E-state index >= 15 is 0 Å². The van der Waals surface area contributed by atoms with Gasteiger partial charge in [0.2, 0.25) is 0 Å². The van der Waals surface area contributed by atoms with E-state index in [9.17, 15) is 14.0 Å². The normalized spacial score (nSPS) is 10.7. The molecule has 116 valence electrons. The van der Waals surface area contributed by atoms with Crippen LogP contribution in [0.4, 0.5) is 4.39 Å². The Morgan fingerprint density at radius 2 is 2.04 bits per heavy atom. The lowest BCUT2D eigenvalue weighted by Gasteiger charge is -2.05. The predicted octanol–water partition coefficient (Wildman–Crippen LogP) is 3.55. The summed E-state index contributed by atoms with van der Waals surface area (Å²) in [6, 6.07) is 11.0. The first-order valence-electron chi connectivity index (χ1n) is 7.04. The van der Waals surface area contributed by atoms with Crippen LogP contribution in [-0.4, -0.2) is 24.2 Å². The Labute approximate surface area is 131 Å². The molecule has 3 rings (SSSR count). The maximum absolute atomic E-state index is 13.2. The SMILES string of the molecule is COc1ccc(CC(=O)c2cc3cc(F)ccc3[nH]2)cc1C=O. The van der Waals surface area contributed by atoms with Crippen LogP contribution < -0.4 is 4.74 Å². The van der Waals surface area contributed by atoms with Crippen molar-refractivity contribution in [2.24, 2.45) is 0 Å². The van der Waals surface area contributed by atoms with E-state index in [1.807, 2.05) is 0 Å². The van der Waals surface area contributed by atoms with Crippen molar-refractivity contribution < 1.29 is 18.7 Å². The summed E-state index contributed by atoms with van der Waals surface area (Å²) in [5.41, 5.74) is 2.23. The Balaban J connectivity index is 1.86. The zero-order valence-electron chi connectivity index (χ0n) is 12.4. The van der Waals surface area contributed by atoms with Gasteiger partial charge in [0.15, 0.2) is 12.1 Å². The number of aldehydes is 1. The monoisotopic (exact) mass is 311 g/mol. The molecule has 1 aromatic heterocycles. The first kappa shape index (κ1) is 15.0. The van der Waals surface area contributed by atoms with Crippen LogP contribution in [0.1, 0.15) is 26.4 Å². The minimum Gasteiger partial charge on any atom is -0.496 e. The third-order valence-corrected chi connectivity index (χ3v) is 3.67. The smallest absolute Gasteiger partial charge is 0.183 e. The first-order chi connectivity index (χ1) is 11.1. The molecule has 0 radical (unpaired) electrons. The largest absolute Gasteiger partial charge is 0.496 e. The van der Waals surface area contributed by atoms with Gasteiger partial charge in [-0.2, -0.15) is 0 Å². The van der Waals surface area contributed by atoms with Gasteiger partial charge in [0.1, 0.15) is 11.6 Å². The molecule has 0 atom stereocenters. The van der Waals surface area contributed by atoms with Crippen molar-refractivity contribution in [2.75, 3.05) is 7.11 Å². The molecule has 23 heavy (non-hydrogen) atoms. The van der Waals surface area contributed by atoms with Crippen LogP contribution >= 0.6 is 0 Å². The van der Waals surface area contributed by atoms with Gasteiger partial charge in [-0.05, 0) is 42.0 Å². The Kier molecular flexibility index (Phi) is 3.93. The molecule has 0 spiro atoms. The maximum Gasteiger partial charge on any atom is 0.183 e. The number of hydrogen-bond donors (Lipinski definition) is 1. The summed E-state index contributed by atoms with van der Waals surface area (Å²) in [5.74, 6) is -0.0119. The van der Waals surface area contributed by atoms with Gasteiger partial charge in [-0.25, -0.2) is 4.39 Å². The fraction of sp³-hybridized carbons (Fsp3) is 0.111. The third kappa shape index (κ3) is 2.99. The molecule has 0 amide bonds. The molecule has 0 unspecified atom stereocenters. The fourth-order valence-corrected chi connectivity index (χ4v) is 2.52. The zero-order chi connectivity index (χ0) is 16.4. The average molecular weight is 311 g/mol. The van der Waals surface area contributed by atoms with Crippen molar-refractivity contribution in [3.8, 4) is 5.75 Å². The van der Waals surface area contributed by atoms with Gasteiger partial charge < -0.3 is 9.72 Å². The number of rotatable bonds is 5. The van der Waals surface area contributed by atoms with Gasteiger partial charge in [0.25, 0.3) is 0 Å². The number of ketones is 1. The van der Waals surface area contributed by atoms with E-state index in [0.717, 1.165) is 0 Å². The van der Waals surface area contributed by atoms with Gasteiger partial charge >= 0.3 is 0 Å². The molecule has 3 aromatic rings. The second-order valence-electron chi connectivity index (χ2n) is 5.21. The molecular formula is C18H14FNO3. The van der Waals surface area contributed by atoms with E-state index in [1.54, 1.807) is 30.3 Å². The third-order valence-electron chi connectivity index (χ3n) is 3.67. The number of aromatic amines is 1. The van der Waals surface area contributed by atoms with E-state index in [2.05, 4.69) is 4.98 Å². The van der Waals surface area contributed by atoms with E-state index < -0.39 is 0 Å². The predicted molar refractivity (Wildman–Crippen MR) is 84.7 cm³/mol. The molecule has 4 nitrogen and oxygen atoms in total. The van der Waals surface area contributed by atoms with Crippen LogP contribution in [0.25, 0.3) is 10.9 Å². The number of Topliss-reactive ketones (excluding diaryl/α,β-unsaturated/α-hetero) is 1. The van der Waals surface area contributed by atoms with Crippen LogP contribution in [0.5, 0.6) is 5.75 Å². The number of benzene rings is 2. The lowest BCUT2D eigenvalue weighted by atomic mass is 10.0. The summed E-state index contributed by atoms with van der Waals surface area (Å²) in [4.78, 5) is 26.4. The summed E-state index contributed by atoms with van der Waals surface area (Å²) >= 11 is 0. The standard InChI is InChI=1S/C18H14FNO3/c1-23-18-5-2-11(6-13(18)10-21)7-17(22)16-9-12-8-14(19)3-4-15(12)20-16/h2-6,8-10,20H,7H2,1H3. The highest BCUT2D eigenvalue weighted by molar-refractivity contribution is 6.00. The average Bonchev–Trinajstić information content (AvgIpc) is 2.97.